The Hall–Kier alpha value is -2.11. The van der Waals surface area contributed by atoms with Gasteiger partial charge in [-0.2, -0.15) is 0 Å². The molecule has 17 heavy (non-hydrogen) atoms. The maximum Gasteiger partial charge on any atom is 0.257 e. The average molecular weight is 239 g/mol. The van der Waals surface area contributed by atoms with Crippen LogP contribution in [0.3, 0.4) is 0 Å². The van der Waals surface area contributed by atoms with Gasteiger partial charge in [-0.15, -0.1) is 0 Å². The van der Waals surface area contributed by atoms with Crippen molar-refractivity contribution in [2.45, 2.75) is 0 Å². The predicted molar refractivity (Wildman–Crippen MR) is 61.8 cm³/mol. The molecule has 1 aromatic rings. The van der Waals surface area contributed by atoms with Crippen LogP contribution in [0.5, 0.6) is 0 Å². The van der Waals surface area contributed by atoms with Gasteiger partial charge in [0, 0.05) is 19.8 Å². The lowest BCUT2D eigenvalue weighted by molar-refractivity contribution is -0.121. The van der Waals surface area contributed by atoms with Crippen molar-refractivity contribution in [1.29, 1.82) is 0 Å². The average Bonchev–Trinajstić information content (AvgIpc) is 2.31. The first-order valence-corrected chi connectivity index (χ1v) is 4.96. The van der Waals surface area contributed by atoms with Gasteiger partial charge in [0.25, 0.3) is 5.91 Å². The van der Waals surface area contributed by atoms with Crippen molar-refractivity contribution in [2.75, 3.05) is 26.4 Å². The fraction of sp³-hybridized carbons (Fsp3) is 0.273. The summed E-state index contributed by atoms with van der Waals surface area (Å²) in [6, 6.07) is 3.74. The van der Waals surface area contributed by atoms with E-state index in [4.69, 9.17) is 5.73 Å². The molecule has 6 heteroatoms. The van der Waals surface area contributed by atoms with Crippen LogP contribution < -0.4 is 11.1 Å². The number of nitrogen functional groups attached to an aromatic ring is 1. The summed E-state index contributed by atoms with van der Waals surface area (Å²) in [5.41, 5.74) is 5.63. The van der Waals surface area contributed by atoms with Crippen LogP contribution in [0.2, 0.25) is 0 Å². The van der Waals surface area contributed by atoms with Gasteiger partial charge in [-0.05, 0) is 18.2 Å². The first-order chi connectivity index (χ1) is 7.95. The zero-order valence-electron chi connectivity index (χ0n) is 9.66. The molecule has 0 aromatic heterocycles. The van der Waals surface area contributed by atoms with Gasteiger partial charge in [-0.1, -0.05) is 0 Å². The van der Waals surface area contributed by atoms with E-state index in [9.17, 15) is 14.0 Å². The predicted octanol–water partition coefficient (Wildman–Crippen LogP) is 0.226. The second-order valence-corrected chi connectivity index (χ2v) is 3.57. The van der Waals surface area contributed by atoms with Crippen LogP contribution in [0, 0.1) is 5.82 Å². The number of halogens is 1. The van der Waals surface area contributed by atoms with Crippen molar-refractivity contribution in [3.05, 3.63) is 29.6 Å². The molecule has 1 rings (SSSR count). The second-order valence-electron chi connectivity index (χ2n) is 3.57. The standard InChI is InChI=1S/C11H14FN3O2/c1-14-10(16)6-15(2)11(17)8-5-7(13)3-4-9(8)12/h3-5H,6,13H2,1-2H3,(H,14,16). The molecule has 0 aliphatic heterocycles. The number of benzene rings is 1. The van der Waals surface area contributed by atoms with Crippen LogP contribution in [0.4, 0.5) is 10.1 Å². The number of anilines is 1. The van der Waals surface area contributed by atoms with E-state index in [2.05, 4.69) is 5.32 Å². The maximum atomic E-state index is 13.4. The summed E-state index contributed by atoms with van der Waals surface area (Å²) in [5.74, 6) is -1.57. The third-order valence-corrected chi connectivity index (χ3v) is 2.23. The van der Waals surface area contributed by atoms with E-state index in [1.807, 2.05) is 0 Å². The van der Waals surface area contributed by atoms with Crippen molar-refractivity contribution in [3.63, 3.8) is 0 Å². The first-order valence-electron chi connectivity index (χ1n) is 4.96. The monoisotopic (exact) mass is 239 g/mol. The fourth-order valence-corrected chi connectivity index (χ4v) is 1.28. The Morgan fingerprint density at radius 3 is 2.71 bits per heavy atom. The summed E-state index contributed by atoms with van der Waals surface area (Å²) in [5, 5.41) is 2.38. The quantitative estimate of drug-likeness (QED) is 0.741. The third-order valence-electron chi connectivity index (χ3n) is 2.23. The molecule has 0 unspecified atom stereocenters. The van der Waals surface area contributed by atoms with Gasteiger partial charge in [-0.25, -0.2) is 4.39 Å². The smallest absolute Gasteiger partial charge is 0.257 e. The lowest BCUT2D eigenvalue weighted by Gasteiger charge is -2.16. The molecule has 1 aromatic carbocycles. The highest BCUT2D eigenvalue weighted by Crippen LogP contribution is 2.13. The van der Waals surface area contributed by atoms with Crippen molar-refractivity contribution >= 4 is 17.5 Å². The maximum absolute atomic E-state index is 13.4. The molecule has 92 valence electrons. The first kappa shape index (κ1) is 13.0. The van der Waals surface area contributed by atoms with Crippen LogP contribution in [0.25, 0.3) is 0 Å². The molecular weight excluding hydrogens is 225 g/mol. The summed E-state index contributed by atoms with van der Waals surface area (Å²) in [4.78, 5) is 24.0. The molecule has 5 nitrogen and oxygen atoms in total. The Morgan fingerprint density at radius 2 is 2.12 bits per heavy atom. The van der Waals surface area contributed by atoms with Gasteiger partial charge >= 0.3 is 0 Å². The largest absolute Gasteiger partial charge is 0.399 e. The summed E-state index contributed by atoms with van der Waals surface area (Å²) in [6.07, 6.45) is 0. The number of rotatable bonds is 3. The van der Waals surface area contributed by atoms with Crippen molar-refractivity contribution < 1.29 is 14.0 Å². The molecule has 3 N–H and O–H groups in total. The zero-order valence-corrected chi connectivity index (χ0v) is 9.66. The molecule has 0 aliphatic rings. The number of likely N-dealkylation sites (N-methyl/N-ethyl adjacent to an activating group) is 2. The topological polar surface area (TPSA) is 75.4 Å². The van der Waals surface area contributed by atoms with Crippen molar-refractivity contribution in [2.24, 2.45) is 0 Å². The molecule has 0 atom stereocenters. The van der Waals surface area contributed by atoms with Gasteiger partial charge in [0.1, 0.15) is 5.82 Å². The van der Waals surface area contributed by atoms with Crippen molar-refractivity contribution in [3.8, 4) is 0 Å². The highest BCUT2D eigenvalue weighted by atomic mass is 19.1. The lowest BCUT2D eigenvalue weighted by atomic mass is 10.1. The van der Waals surface area contributed by atoms with Gasteiger partial charge in [0.2, 0.25) is 5.91 Å². The Bertz CT molecular complexity index is 448. The molecule has 2 amide bonds. The number of nitrogens with one attached hydrogen (secondary N) is 1. The van der Waals surface area contributed by atoms with E-state index in [0.29, 0.717) is 5.69 Å². The fourth-order valence-electron chi connectivity index (χ4n) is 1.28. The second kappa shape index (κ2) is 5.29. The number of carbonyl (C=O) groups is 2. The molecule has 0 saturated carbocycles. The highest BCUT2D eigenvalue weighted by Gasteiger charge is 2.18. The number of carbonyl (C=O) groups excluding carboxylic acids is 2. The van der Waals surface area contributed by atoms with E-state index in [-0.39, 0.29) is 18.0 Å². The highest BCUT2D eigenvalue weighted by molar-refractivity contribution is 5.97. The van der Waals surface area contributed by atoms with E-state index in [1.165, 1.54) is 26.2 Å². The van der Waals surface area contributed by atoms with E-state index < -0.39 is 11.7 Å². The lowest BCUT2D eigenvalue weighted by Crippen LogP contribution is -2.37. The Morgan fingerprint density at radius 1 is 1.47 bits per heavy atom. The van der Waals surface area contributed by atoms with Crippen LogP contribution >= 0.6 is 0 Å². The van der Waals surface area contributed by atoms with Gasteiger partial charge < -0.3 is 16.0 Å². The van der Waals surface area contributed by atoms with E-state index >= 15 is 0 Å². The van der Waals surface area contributed by atoms with Crippen LogP contribution in [0.1, 0.15) is 10.4 Å². The molecule has 0 aliphatic carbocycles. The zero-order chi connectivity index (χ0) is 13.0. The normalized spacial score (nSPS) is 9.82. The van der Waals surface area contributed by atoms with Gasteiger partial charge in [0.05, 0.1) is 12.1 Å². The molecule has 0 fully saturated rings. The number of amides is 2. The minimum Gasteiger partial charge on any atom is -0.399 e. The summed E-state index contributed by atoms with van der Waals surface area (Å²) < 4.78 is 13.4. The molecule has 0 saturated heterocycles. The number of nitrogens with two attached hydrogens (primary N) is 1. The van der Waals surface area contributed by atoms with Crippen LogP contribution in [-0.2, 0) is 4.79 Å². The minimum atomic E-state index is -0.659. The molecular formula is C11H14FN3O2. The van der Waals surface area contributed by atoms with E-state index in [0.717, 1.165) is 11.0 Å². The van der Waals surface area contributed by atoms with Gasteiger partial charge in [-0.3, -0.25) is 9.59 Å². The Labute approximate surface area is 98.4 Å². The van der Waals surface area contributed by atoms with Crippen molar-refractivity contribution in [1.82, 2.24) is 10.2 Å². The number of nitrogens with zero attached hydrogens (tertiary/aromatic N) is 1. The SMILES string of the molecule is CNC(=O)CN(C)C(=O)c1cc(N)ccc1F. The van der Waals surface area contributed by atoms with Crippen LogP contribution in [-0.4, -0.2) is 37.4 Å². The molecule has 0 bridgehead atoms. The number of hydrogen-bond donors (Lipinski definition) is 2. The number of hydrogen-bond acceptors (Lipinski definition) is 3. The van der Waals surface area contributed by atoms with Gasteiger partial charge in [0.15, 0.2) is 0 Å². The third kappa shape index (κ3) is 3.17. The Balaban J connectivity index is 2.88. The minimum absolute atomic E-state index is 0.135. The summed E-state index contributed by atoms with van der Waals surface area (Å²) >= 11 is 0. The molecule has 0 heterocycles. The molecule has 0 spiro atoms. The summed E-state index contributed by atoms with van der Waals surface area (Å²) in [7, 11) is 2.88. The van der Waals surface area contributed by atoms with E-state index in [1.54, 1.807) is 0 Å². The molecule has 0 radical (unpaired) electrons. The van der Waals surface area contributed by atoms with Crippen LogP contribution in [0.15, 0.2) is 18.2 Å². The Kier molecular flexibility index (Phi) is 4.03. The summed E-state index contributed by atoms with van der Waals surface area (Å²) in [6.45, 7) is -0.135.